The third kappa shape index (κ3) is 6.03. The topological polar surface area (TPSA) is 52.3 Å². The number of nitrogens with two attached hydrogens (primary N) is 1. The second kappa shape index (κ2) is 9.51. The van der Waals surface area contributed by atoms with E-state index >= 15 is 0 Å². The monoisotopic (exact) mass is 331 g/mol. The highest BCUT2D eigenvalue weighted by molar-refractivity contribution is 5.82. The van der Waals surface area contributed by atoms with Crippen LogP contribution in [-0.4, -0.2) is 12.5 Å². The first-order valence-corrected chi connectivity index (χ1v) is 8.98. The van der Waals surface area contributed by atoms with Gasteiger partial charge in [0.2, 0.25) is 5.91 Å². The molecule has 1 amide bonds. The lowest BCUT2D eigenvalue weighted by atomic mass is 9.83. The summed E-state index contributed by atoms with van der Waals surface area (Å²) in [5.74, 6) is 0.311. The van der Waals surface area contributed by atoms with Crippen molar-refractivity contribution in [3.8, 4) is 5.75 Å². The van der Waals surface area contributed by atoms with Crippen molar-refractivity contribution in [3.05, 3.63) is 42.0 Å². The van der Waals surface area contributed by atoms with Crippen LogP contribution in [0, 0.1) is 0 Å². The molecular formula is C21H33NO2. The molecule has 0 heterocycles. The summed E-state index contributed by atoms with van der Waals surface area (Å²) in [5, 5.41) is 0. The van der Waals surface area contributed by atoms with Crippen LogP contribution in [0.1, 0.15) is 76.8 Å². The lowest BCUT2D eigenvalue weighted by Gasteiger charge is -2.24. The molecule has 3 heteroatoms. The maximum absolute atomic E-state index is 11.9. The van der Waals surface area contributed by atoms with Gasteiger partial charge in [-0.1, -0.05) is 78.2 Å². The Morgan fingerprint density at radius 3 is 2.54 bits per heavy atom. The van der Waals surface area contributed by atoms with Crippen LogP contribution < -0.4 is 10.5 Å². The van der Waals surface area contributed by atoms with Crippen molar-refractivity contribution < 1.29 is 9.53 Å². The number of carbonyl (C=O) groups excluding carboxylic acids is 1. The molecule has 0 saturated carbocycles. The lowest BCUT2D eigenvalue weighted by Crippen LogP contribution is -2.22. The molecule has 2 N–H and O–H groups in total. The highest BCUT2D eigenvalue weighted by Gasteiger charge is 2.23. The van der Waals surface area contributed by atoms with Crippen molar-refractivity contribution >= 4 is 5.91 Å². The fraction of sp³-hybridized carbons (Fsp3) is 0.571. The van der Waals surface area contributed by atoms with E-state index in [1.807, 2.05) is 12.1 Å². The van der Waals surface area contributed by atoms with Crippen molar-refractivity contribution in [2.75, 3.05) is 6.61 Å². The summed E-state index contributed by atoms with van der Waals surface area (Å²) in [6.07, 6.45) is 7.06. The van der Waals surface area contributed by atoms with Gasteiger partial charge in [0.25, 0.3) is 0 Å². The van der Waals surface area contributed by atoms with Crippen LogP contribution in [-0.2, 0) is 10.2 Å². The second-order valence-corrected chi connectivity index (χ2v) is 7.41. The molecule has 3 nitrogen and oxygen atoms in total. The van der Waals surface area contributed by atoms with E-state index in [1.165, 1.54) is 12.8 Å². The Labute approximate surface area is 147 Å². The zero-order chi connectivity index (χ0) is 18.2. The molecule has 0 bridgehead atoms. The molecule has 0 radical (unpaired) electrons. The molecule has 1 aromatic carbocycles. The average molecular weight is 332 g/mol. The number of amides is 1. The molecule has 0 aliphatic rings. The van der Waals surface area contributed by atoms with Gasteiger partial charge in [0.05, 0.1) is 5.92 Å². The van der Waals surface area contributed by atoms with Gasteiger partial charge in [-0.25, -0.2) is 0 Å². The normalized spacial score (nSPS) is 12.7. The first-order chi connectivity index (χ1) is 11.3. The van der Waals surface area contributed by atoms with Crippen LogP contribution in [0.3, 0.4) is 0 Å². The molecule has 0 saturated heterocycles. The lowest BCUT2D eigenvalue weighted by molar-refractivity contribution is -0.119. The van der Waals surface area contributed by atoms with Gasteiger partial charge in [-0.15, -0.1) is 0 Å². The van der Waals surface area contributed by atoms with E-state index < -0.39 is 0 Å². The summed E-state index contributed by atoms with van der Waals surface area (Å²) >= 11 is 0. The van der Waals surface area contributed by atoms with E-state index in [1.54, 1.807) is 6.08 Å². The fourth-order valence-corrected chi connectivity index (χ4v) is 2.89. The van der Waals surface area contributed by atoms with E-state index in [4.69, 9.17) is 10.5 Å². The van der Waals surface area contributed by atoms with Crippen LogP contribution in [0.2, 0.25) is 0 Å². The minimum atomic E-state index is -0.260. The predicted octanol–water partition coefficient (Wildman–Crippen LogP) is 5.09. The zero-order valence-electron chi connectivity index (χ0n) is 15.7. The molecule has 0 aliphatic heterocycles. The number of rotatable bonds is 10. The molecule has 0 fully saturated rings. The molecule has 0 aromatic heterocycles. The maximum atomic E-state index is 11.9. The van der Waals surface area contributed by atoms with Gasteiger partial charge in [0, 0.05) is 0 Å². The van der Waals surface area contributed by atoms with Crippen molar-refractivity contribution in [3.63, 3.8) is 0 Å². The Morgan fingerprint density at radius 2 is 2.00 bits per heavy atom. The summed E-state index contributed by atoms with van der Waals surface area (Å²) in [4.78, 5) is 11.9. The highest BCUT2D eigenvalue weighted by atomic mass is 16.5. The summed E-state index contributed by atoms with van der Waals surface area (Å²) in [5.41, 5.74) is 7.71. The number of unbranched alkanes of at least 4 members (excludes halogenated alkanes) is 3. The number of benzene rings is 1. The highest BCUT2D eigenvalue weighted by Crippen LogP contribution is 2.35. The molecule has 1 aromatic rings. The number of hydrogen-bond acceptors (Lipinski definition) is 2. The van der Waals surface area contributed by atoms with Gasteiger partial charge in [-0.05, 0) is 29.0 Å². The smallest absolute Gasteiger partial charge is 0.224 e. The third-order valence-corrected chi connectivity index (χ3v) is 4.26. The number of primary amides is 1. The van der Waals surface area contributed by atoms with Gasteiger partial charge >= 0.3 is 0 Å². The Hall–Kier alpha value is -1.77. The van der Waals surface area contributed by atoms with Crippen molar-refractivity contribution in [1.29, 1.82) is 0 Å². The van der Waals surface area contributed by atoms with E-state index in [0.29, 0.717) is 6.61 Å². The van der Waals surface area contributed by atoms with Crippen LogP contribution in [0.5, 0.6) is 5.75 Å². The van der Waals surface area contributed by atoms with Gasteiger partial charge in [-0.3, -0.25) is 4.79 Å². The number of carbonyl (C=O) groups is 1. The van der Waals surface area contributed by atoms with E-state index in [2.05, 4.69) is 40.3 Å². The minimum Gasteiger partial charge on any atom is -0.489 e. The largest absolute Gasteiger partial charge is 0.489 e. The number of hydrogen-bond donors (Lipinski definition) is 1. The third-order valence-electron chi connectivity index (χ3n) is 4.26. The molecule has 1 rings (SSSR count). The fourth-order valence-electron chi connectivity index (χ4n) is 2.89. The Bertz CT molecular complexity index is 543. The zero-order valence-corrected chi connectivity index (χ0v) is 15.7. The first-order valence-electron chi connectivity index (χ1n) is 8.98. The van der Waals surface area contributed by atoms with Gasteiger partial charge < -0.3 is 10.5 Å². The van der Waals surface area contributed by atoms with Gasteiger partial charge in [-0.2, -0.15) is 0 Å². The van der Waals surface area contributed by atoms with Crippen LogP contribution in [0.4, 0.5) is 0 Å². The summed E-state index contributed by atoms with van der Waals surface area (Å²) in [7, 11) is 0. The average Bonchev–Trinajstić information content (AvgIpc) is 2.51. The molecule has 24 heavy (non-hydrogen) atoms. The van der Waals surface area contributed by atoms with Gasteiger partial charge in [0.15, 0.2) is 0 Å². The van der Waals surface area contributed by atoms with Crippen LogP contribution in [0.25, 0.3) is 0 Å². The van der Waals surface area contributed by atoms with Crippen LogP contribution >= 0.6 is 0 Å². The van der Waals surface area contributed by atoms with Crippen molar-refractivity contribution in [2.24, 2.45) is 5.73 Å². The quantitative estimate of drug-likeness (QED) is 0.479. The number of ether oxygens (including phenoxy) is 1. The minimum absolute atomic E-state index is 0.0294. The molecule has 1 atom stereocenters. The molecular weight excluding hydrogens is 298 g/mol. The molecule has 1 unspecified atom stereocenters. The Kier molecular flexibility index (Phi) is 8.03. The SMILES string of the molecule is C=CCOc1cc(C(CCCCCC)C(N)=O)ccc1C(C)(C)C. The van der Waals surface area contributed by atoms with Crippen LogP contribution in [0.15, 0.2) is 30.9 Å². The van der Waals surface area contributed by atoms with E-state index in [-0.39, 0.29) is 17.2 Å². The second-order valence-electron chi connectivity index (χ2n) is 7.41. The first kappa shape index (κ1) is 20.3. The molecule has 0 aliphatic carbocycles. The standard InChI is InChI=1S/C21H33NO2/c1-6-8-9-10-11-17(20(22)23)16-12-13-18(21(3,4)5)19(15-16)24-14-7-2/h7,12-13,15,17H,2,6,8-11,14H2,1,3-5H3,(H2,22,23). The molecule has 0 spiro atoms. The van der Waals surface area contributed by atoms with Crippen molar-refractivity contribution in [2.45, 2.75) is 71.1 Å². The summed E-state index contributed by atoms with van der Waals surface area (Å²) in [6, 6.07) is 6.08. The van der Waals surface area contributed by atoms with Gasteiger partial charge in [0.1, 0.15) is 12.4 Å². The Morgan fingerprint density at radius 1 is 1.29 bits per heavy atom. The van der Waals surface area contributed by atoms with E-state index in [9.17, 15) is 4.79 Å². The van der Waals surface area contributed by atoms with Crippen molar-refractivity contribution in [1.82, 2.24) is 0 Å². The summed E-state index contributed by atoms with van der Waals surface area (Å²) in [6.45, 7) is 12.8. The molecule has 134 valence electrons. The maximum Gasteiger partial charge on any atom is 0.224 e. The van der Waals surface area contributed by atoms with E-state index in [0.717, 1.165) is 36.1 Å². The summed E-state index contributed by atoms with van der Waals surface area (Å²) < 4.78 is 5.86. The predicted molar refractivity (Wildman–Crippen MR) is 102 cm³/mol. The Balaban J connectivity index is 3.06.